The number of rotatable bonds is 5. The Morgan fingerprint density at radius 3 is 2.68 bits per heavy atom. The molecule has 1 aliphatic carbocycles. The number of carbonyl (C=O) groups excluding carboxylic acids is 1. The van der Waals surface area contributed by atoms with Crippen LogP contribution < -0.4 is 5.32 Å². The summed E-state index contributed by atoms with van der Waals surface area (Å²) in [6.07, 6.45) is 2.26. The zero-order chi connectivity index (χ0) is 14.0. The van der Waals surface area contributed by atoms with E-state index in [1.807, 2.05) is 31.0 Å². The fraction of sp³-hybridized carbons (Fsp3) is 0.600. The van der Waals surface area contributed by atoms with Crippen molar-refractivity contribution in [1.82, 2.24) is 9.88 Å². The van der Waals surface area contributed by atoms with Crippen molar-refractivity contribution in [3.05, 3.63) is 23.4 Å². The molecule has 1 aromatic rings. The predicted octanol–water partition coefficient (Wildman–Crippen LogP) is 2.87. The van der Waals surface area contributed by atoms with Crippen LogP contribution in [0.25, 0.3) is 0 Å². The normalized spacial score (nSPS) is 14.6. The molecule has 4 nitrogen and oxygen atoms in total. The molecule has 1 amide bonds. The summed E-state index contributed by atoms with van der Waals surface area (Å²) in [5.74, 6) is 1.21. The first kappa shape index (κ1) is 13.8. The van der Waals surface area contributed by atoms with E-state index in [1.54, 1.807) is 0 Å². The zero-order valence-corrected chi connectivity index (χ0v) is 12.2. The second-order valence-electron chi connectivity index (χ2n) is 5.50. The molecule has 19 heavy (non-hydrogen) atoms. The molecule has 4 heteroatoms. The number of hydrogen-bond donors (Lipinski definition) is 1. The molecule has 0 radical (unpaired) electrons. The molecule has 0 atom stereocenters. The topological polar surface area (TPSA) is 45.2 Å². The molecular formula is C15H23N3O. The van der Waals surface area contributed by atoms with Crippen LogP contribution in [-0.2, 0) is 0 Å². The van der Waals surface area contributed by atoms with E-state index in [9.17, 15) is 4.79 Å². The number of nitrogens with zero attached hydrogens (tertiary/aromatic N) is 2. The summed E-state index contributed by atoms with van der Waals surface area (Å²) in [5, 5.41) is 3.20. The summed E-state index contributed by atoms with van der Waals surface area (Å²) in [5.41, 5.74) is 1.70. The van der Waals surface area contributed by atoms with Gasteiger partial charge in [0.25, 0.3) is 5.91 Å². The highest BCUT2D eigenvalue weighted by molar-refractivity contribution is 5.95. The van der Waals surface area contributed by atoms with Crippen LogP contribution in [0.1, 0.15) is 55.6 Å². The molecule has 0 spiro atoms. The molecule has 0 aliphatic heterocycles. The molecule has 1 fully saturated rings. The summed E-state index contributed by atoms with van der Waals surface area (Å²) in [6, 6.07) is 4.22. The highest BCUT2D eigenvalue weighted by Crippen LogP contribution is 2.27. The van der Waals surface area contributed by atoms with Crippen molar-refractivity contribution < 1.29 is 4.79 Å². The maximum atomic E-state index is 12.4. The Bertz CT molecular complexity index is 466. The van der Waals surface area contributed by atoms with E-state index < -0.39 is 0 Å². The van der Waals surface area contributed by atoms with Gasteiger partial charge in [-0.15, -0.1) is 0 Å². The Balaban J connectivity index is 2.29. The number of pyridine rings is 1. The van der Waals surface area contributed by atoms with Crippen LogP contribution in [0, 0.1) is 0 Å². The number of anilines is 1. The van der Waals surface area contributed by atoms with Crippen molar-refractivity contribution in [2.45, 2.75) is 45.6 Å². The van der Waals surface area contributed by atoms with E-state index in [0.717, 1.165) is 36.5 Å². The summed E-state index contributed by atoms with van der Waals surface area (Å²) in [7, 11) is 1.89. The van der Waals surface area contributed by atoms with Crippen molar-refractivity contribution >= 4 is 11.7 Å². The minimum Gasteiger partial charge on any atom is -0.370 e. The molecular weight excluding hydrogens is 238 g/mol. The smallest absolute Gasteiger partial charge is 0.254 e. The monoisotopic (exact) mass is 261 g/mol. The molecule has 0 unspecified atom stereocenters. The molecule has 1 aliphatic rings. The third-order valence-electron chi connectivity index (χ3n) is 3.46. The number of hydrogen-bond acceptors (Lipinski definition) is 3. The maximum Gasteiger partial charge on any atom is 0.254 e. The van der Waals surface area contributed by atoms with Crippen molar-refractivity contribution in [2.24, 2.45) is 0 Å². The molecule has 1 saturated carbocycles. The maximum absolute atomic E-state index is 12.4. The Morgan fingerprint density at radius 1 is 1.47 bits per heavy atom. The van der Waals surface area contributed by atoms with Crippen LogP contribution in [0.4, 0.5) is 5.82 Å². The lowest BCUT2D eigenvalue weighted by atomic mass is 10.1. The second kappa shape index (κ2) is 5.59. The minimum absolute atomic E-state index is 0.103. The fourth-order valence-corrected chi connectivity index (χ4v) is 2.07. The number of carbonyl (C=O) groups is 1. The van der Waals surface area contributed by atoms with Gasteiger partial charge in [-0.2, -0.15) is 0 Å². The Hall–Kier alpha value is -1.58. The van der Waals surface area contributed by atoms with Gasteiger partial charge in [0.05, 0.1) is 0 Å². The van der Waals surface area contributed by atoms with E-state index in [1.165, 1.54) is 0 Å². The lowest BCUT2D eigenvalue weighted by Crippen LogP contribution is -2.29. The molecule has 0 saturated heterocycles. The Morgan fingerprint density at radius 2 is 2.16 bits per heavy atom. The van der Waals surface area contributed by atoms with Crippen LogP contribution in [0.15, 0.2) is 12.1 Å². The summed E-state index contributed by atoms with van der Waals surface area (Å²) < 4.78 is 0. The van der Waals surface area contributed by atoms with E-state index in [2.05, 4.69) is 24.1 Å². The molecule has 1 aromatic heterocycles. The molecule has 0 aromatic carbocycles. The van der Waals surface area contributed by atoms with Gasteiger partial charge in [-0.3, -0.25) is 4.79 Å². The van der Waals surface area contributed by atoms with E-state index in [0.29, 0.717) is 12.0 Å². The van der Waals surface area contributed by atoms with E-state index in [-0.39, 0.29) is 5.91 Å². The summed E-state index contributed by atoms with van der Waals surface area (Å²) in [4.78, 5) is 18.8. The minimum atomic E-state index is 0.103. The van der Waals surface area contributed by atoms with Gasteiger partial charge in [0, 0.05) is 30.9 Å². The lowest BCUT2D eigenvalue weighted by Gasteiger charge is -2.18. The van der Waals surface area contributed by atoms with Gasteiger partial charge in [0.1, 0.15) is 5.82 Å². The summed E-state index contributed by atoms with van der Waals surface area (Å²) in [6.45, 7) is 7.02. The Labute approximate surface area is 115 Å². The quantitative estimate of drug-likeness (QED) is 0.886. The van der Waals surface area contributed by atoms with Crippen molar-refractivity contribution in [3.8, 4) is 0 Å². The molecule has 1 heterocycles. The second-order valence-corrected chi connectivity index (χ2v) is 5.50. The van der Waals surface area contributed by atoms with Crippen molar-refractivity contribution in [2.75, 3.05) is 18.9 Å². The van der Waals surface area contributed by atoms with Crippen molar-refractivity contribution in [3.63, 3.8) is 0 Å². The highest BCUT2D eigenvalue weighted by Gasteiger charge is 2.30. The average molecular weight is 261 g/mol. The standard InChI is InChI=1S/C15H23N3O/c1-5-16-14-9-11(8-13(17-14)10(2)3)15(19)18(4)12-6-7-12/h8-10,12H,5-7H2,1-4H3,(H,16,17). The third kappa shape index (κ3) is 3.25. The lowest BCUT2D eigenvalue weighted by molar-refractivity contribution is 0.0785. The zero-order valence-electron chi connectivity index (χ0n) is 12.2. The van der Waals surface area contributed by atoms with Crippen LogP contribution in [0.5, 0.6) is 0 Å². The van der Waals surface area contributed by atoms with Gasteiger partial charge < -0.3 is 10.2 Å². The van der Waals surface area contributed by atoms with Gasteiger partial charge in [0.15, 0.2) is 0 Å². The van der Waals surface area contributed by atoms with E-state index in [4.69, 9.17) is 0 Å². The molecule has 1 N–H and O–H groups in total. The molecule has 104 valence electrons. The number of amides is 1. The van der Waals surface area contributed by atoms with Crippen LogP contribution in [0.2, 0.25) is 0 Å². The SMILES string of the molecule is CCNc1cc(C(=O)N(C)C2CC2)cc(C(C)C)n1. The molecule has 2 rings (SSSR count). The van der Waals surface area contributed by atoms with Gasteiger partial charge in [-0.1, -0.05) is 13.8 Å². The summed E-state index contributed by atoms with van der Waals surface area (Å²) >= 11 is 0. The van der Waals surface area contributed by atoms with Crippen LogP contribution >= 0.6 is 0 Å². The van der Waals surface area contributed by atoms with Gasteiger partial charge in [-0.05, 0) is 37.8 Å². The first-order valence-electron chi connectivity index (χ1n) is 7.06. The first-order valence-corrected chi connectivity index (χ1v) is 7.06. The van der Waals surface area contributed by atoms with Gasteiger partial charge >= 0.3 is 0 Å². The van der Waals surface area contributed by atoms with Gasteiger partial charge in [0.2, 0.25) is 0 Å². The fourth-order valence-electron chi connectivity index (χ4n) is 2.07. The highest BCUT2D eigenvalue weighted by atomic mass is 16.2. The Kier molecular flexibility index (Phi) is 4.08. The van der Waals surface area contributed by atoms with Crippen LogP contribution in [-0.4, -0.2) is 35.4 Å². The molecule has 0 bridgehead atoms. The van der Waals surface area contributed by atoms with Crippen LogP contribution in [0.3, 0.4) is 0 Å². The number of nitrogens with one attached hydrogen (secondary N) is 1. The largest absolute Gasteiger partial charge is 0.370 e. The first-order chi connectivity index (χ1) is 9.02. The van der Waals surface area contributed by atoms with E-state index >= 15 is 0 Å². The van der Waals surface area contributed by atoms with Crippen molar-refractivity contribution in [1.29, 1.82) is 0 Å². The third-order valence-corrected chi connectivity index (χ3v) is 3.46. The van der Waals surface area contributed by atoms with Gasteiger partial charge in [-0.25, -0.2) is 4.98 Å². The predicted molar refractivity (Wildman–Crippen MR) is 77.6 cm³/mol. The average Bonchev–Trinajstić information content (AvgIpc) is 3.21. The number of aromatic nitrogens is 1.